The number of para-hydroxylation sites is 1. The summed E-state index contributed by atoms with van der Waals surface area (Å²) in [6, 6.07) is 70.3. The molecule has 3 heteroatoms. The molecule has 290 valence electrons. The Morgan fingerprint density at radius 1 is 0.230 bits per heavy atom. The zero-order valence-corrected chi connectivity index (χ0v) is 34.7. The van der Waals surface area contributed by atoms with Gasteiger partial charge < -0.3 is 13.7 Å². The van der Waals surface area contributed by atoms with Crippen LogP contribution in [-0.4, -0.2) is 13.7 Å². The average molecular weight is 782 g/mol. The van der Waals surface area contributed by atoms with E-state index in [2.05, 4.69) is 229 Å². The normalized spacial score (nSPS) is 11.9. The first-order chi connectivity index (χ1) is 29.9. The molecule has 0 unspecified atom stereocenters. The van der Waals surface area contributed by atoms with E-state index in [0.717, 1.165) is 5.69 Å². The second-order valence-electron chi connectivity index (χ2n) is 17.0. The van der Waals surface area contributed by atoms with Crippen LogP contribution < -0.4 is 0 Å². The second kappa shape index (κ2) is 13.5. The molecule has 12 rings (SSSR count). The van der Waals surface area contributed by atoms with E-state index in [1.54, 1.807) is 0 Å². The molecule has 0 amide bonds. The molecule has 3 heterocycles. The number of hydrogen-bond acceptors (Lipinski definition) is 0. The van der Waals surface area contributed by atoms with Gasteiger partial charge in [-0.15, -0.1) is 0 Å². The molecule has 0 saturated carbocycles. The lowest BCUT2D eigenvalue weighted by molar-refractivity contribution is 1.17. The first-order valence-electron chi connectivity index (χ1n) is 21.2. The number of aryl methyl sites for hydroxylation is 4. The lowest BCUT2D eigenvalue weighted by Gasteiger charge is -2.10. The third-order valence-corrected chi connectivity index (χ3v) is 12.9. The van der Waals surface area contributed by atoms with Crippen LogP contribution in [0.2, 0.25) is 0 Å². The van der Waals surface area contributed by atoms with Crippen molar-refractivity contribution in [3.8, 4) is 39.3 Å². The molecule has 0 fully saturated rings. The Balaban J connectivity index is 1.05. The van der Waals surface area contributed by atoms with Crippen LogP contribution in [0.3, 0.4) is 0 Å². The number of nitrogens with zero attached hydrogens (tertiary/aromatic N) is 3. The predicted octanol–water partition coefficient (Wildman–Crippen LogP) is 15.5. The molecule has 3 nitrogen and oxygen atoms in total. The molecule has 9 aromatic carbocycles. The lowest BCUT2D eigenvalue weighted by atomic mass is 9.98. The van der Waals surface area contributed by atoms with Crippen LogP contribution in [0.15, 0.2) is 188 Å². The minimum Gasteiger partial charge on any atom is -0.309 e. The summed E-state index contributed by atoms with van der Waals surface area (Å²) < 4.78 is 7.23. The maximum absolute atomic E-state index is 2.43. The van der Waals surface area contributed by atoms with Crippen LogP contribution in [0.4, 0.5) is 0 Å². The fourth-order valence-corrected chi connectivity index (χ4v) is 9.77. The van der Waals surface area contributed by atoms with Crippen molar-refractivity contribution in [2.45, 2.75) is 27.7 Å². The molecule has 0 N–H and O–H groups in total. The molecule has 61 heavy (non-hydrogen) atoms. The Labute approximate surface area is 355 Å². The lowest BCUT2D eigenvalue weighted by Crippen LogP contribution is -1.94. The molecule has 0 bridgehead atoms. The molecule has 0 aliphatic carbocycles. The summed E-state index contributed by atoms with van der Waals surface area (Å²) in [5.74, 6) is 0. The zero-order valence-electron chi connectivity index (χ0n) is 34.7. The summed E-state index contributed by atoms with van der Waals surface area (Å²) in [4.78, 5) is 0. The minimum absolute atomic E-state index is 1.16. The van der Waals surface area contributed by atoms with Crippen LogP contribution in [0.5, 0.6) is 0 Å². The van der Waals surface area contributed by atoms with Crippen LogP contribution in [0.1, 0.15) is 22.3 Å². The van der Waals surface area contributed by atoms with E-state index in [1.807, 2.05) is 0 Å². The SMILES string of the molecule is Cc1ccc(-n2c3ccccc3c3cc(-c4ccc5c(c4)c4cc(-c6ccc7c(c6)c6cc(C)ccc6n7-c6ccc(C)cc6)ccc4n5-c4ccc(C)cc4)ccc32)cc1. The van der Waals surface area contributed by atoms with Gasteiger partial charge in [-0.1, -0.05) is 107 Å². The monoisotopic (exact) mass is 781 g/mol. The Kier molecular flexibility index (Phi) is 7.79. The van der Waals surface area contributed by atoms with Crippen LogP contribution >= 0.6 is 0 Å². The highest BCUT2D eigenvalue weighted by Gasteiger charge is 2.18. The van der Waals surface area contributed by atoms with Crippen molar-refractivity contribution in [2.24, 2.45) is 0 Å². The molecular formula is C58H43N3. The van der Waals surface area contributed by atoms with E-state index >= 15 is 0 Å². The Bertz CT molecular complexity index is 3700. The highest BCUT2D eigenvalue weighted by Crippen LogP contribution is 2.41. The van der Waals surface area contributed by atoms with E-state index in [9.17, 15) is 0 Å². The van der Waals surface area contributed by atoms with Crippen molar-refractivity contribution >= 4 is 65.4 Å². The van der Waals surface area contributed by atoms with Gasteiger partial charge in [0.15, 0.2) is 0 Å². The van der Waals surface area contributed by atoms with Gasteiger partial charge in [0.25, 0.3) is 0 Å². The summed E-state index contributed by atoms with van der Waals surface area (Å²) in [7, 11) is 0. The first kappa shape index (κ1) is 35.3. The van der Waals surface area contributed by atoms with E-state index in [4.69, 9.17) is 0 Å². The Morgan fingerprint density at radius 2 is 0.508 bits per heavy atom. The smallest absolute Gasteiger partial charge is 0.0541 e. The molecular weight excluding hydrogens is 739 g/mol. The zero-order chi connectivity index (χ0) is 40.9. The van der Waals surface area contributed by atoms with E-state index in [1.165, 1.54) is 121 Å². The van der Waals surface area contributed by atoms with Crippen molar-refractivity contribution < 1.29 is 0 Å². The average Bonchev–Trinajstić information content (AvgIpc) is 3.91. The van der Waals surface area contributed by atoms with E-state index < -0.39 is 0 Å². The minimum atomic E-state index is 1.16. The van der Waals surface area contributed by atoms with E-state index in [-0.39, 0.29) is 0 Å². The number of rotatable bonds is 5. The Hall–Kier alpha value is -7.62. The number of benzene rings is 9. The quantitative estimate of drug-likeness (QED) is 0.165. The maximum atomic E-state index is 2.43. The molecule has 0 aliphatic rings. The third kappa shape index (κ3) is 5.58. The van der Waals surface area contributed by atoms with Gasteiger partial charge in [0.05, 0.1) is 33.1 Å². The highest BCUT2D eigenvalue weighted by molar-refractivity contribution is 6.14. The molecule has 0 atom stereocenters. The maximum Gasteiger partial charge on any atom is 0.0541 e. The molecule has 0 radical (unpaired) electrons. The van der Waals surface area contributed by atoms with Gasteiger partial charge in [0, 0.05) is 49.4 Å². The standard InChI is InChI=1S/C58H43N3/c1-36-9-20-44(21-10-36)59-53-8-6-5-7-47(53)49-32-40(16-27-55(49)59)42-18-29-57-51(34-42)52-35-43(19-30-58(52)61(57)46-24-13-38(3)14-25-46)41-17-28-56-50(33-41)48-31-39(4)15-26-54(48)60(56)45-22-11-37(2)12-23-45/h5-35H,1-4H3. The van der Waals surface area contributed by atoms with Gasteiger partial charge in [0.2, 0.25) is 0 Å². The van der Waals surface area contributed by atoms with Gasteiger partial charge >= 0.3 is 0 Å². The van der Waals surface area contributed by atoms with Gasteiger partial charge in [-0.05, 0) is 153 Å². The molecule has 0 saturated heterocycles. The summed E-state index contributed by atoms with van der Waals surface area (Å²) in [6.07, 6.45) is 0. The summed E-state index contributed by atoms with van der Waals surface area (Å²) in [6.45, 7) is 8.63. The summed E-state index contributed by atoms with van der Waals surface area (Å²) in [5.41, 5.74) is 20.7. The fourth-order valence-electron chi connectivity index (χ4n) is 9.77. The number of hydrogen-bond donors (Lipinski definition) is 0. The van der Waals surface area contributed by atoms with Crippen LogP contribution in [0, 0.1) is 27.7 Å². The van der Waals surface area contributed by atoms with Crippen LogP contribution in [-0.2, 0) is 0 Å². The van der Waals surface area contributed by atoms with Gasteiger partial charge in [-0.3, -0.25) is 0 Å². The van der Waals surface area contributed by atoms with Gasteiger partial charge in [-0.2, -0.15) is 0 Å². The first-order valence-corrected chi connectivity index (χ1v) is 21.2. The van der Waals surface area contributed by atoms with Crippen molar-refractivity contribution in [1.82, 2.24) is 13.7 Å². The molecule has 3 aromatic heterocycles. The highest BCUT2D eigenvalue weighted by atomic mass is 15.0. The number of aromatic nitrogens is 3. The molecule has 0 spiro atoms. The van der Waals surface area contributed by atoms with Crippen molar-refractivity contribution in [2.75, 3.05) is 0 Å². The molecule has 0 aliphatic heterocycles. The van der Waals surface area contributed by atoms with E-state index in [0.29, 0.717) is 0 Å². The second-order valence-corrected chi connectivity index (χ2v) is 17.0. The third-order valence-electron chi connectivity index (χ3n) is 12.9. The number of fused-ring (bicyclic) bond motifs is 9. The predicted molar refractivity (Wildman–Crippen MR) is 259 cm³/mol. The fraction of sp³-hybridized carbons (Fsp3) is 0.0690. The van der Waals surface area contributed by atoms with Gasteiger partial charge in [0.1, 0.15) is 0 Å². The summed E-state index contributed by atoms with van der Waals surface area (Å²) in [5, 5.41) is 7.54. The van der Waals surface area contributed by atoms with Crippen LogP contribution in [0.25, 0.3) is 105 Å². The largest absolute Gasteiger partial charge is 0.309 e. The van der Waals surface area contributed by atoms with Crippen molar-refractivity contribution in [3.63, 3.8) is 0 Å². The Morgan fingerprint density at radius 3 is 0.885 bits per heavy atom. The topological polar surface area (TPSA) is 14.8 Å². The van der Waals surface area contributed by atoms with Crippen molar-refractivity contribution in [1.29, 1.82) is 0 Å². The molecule has 12 aromatic rings. The van der Waals surface area contributed by atoms with Gasteiger partial charge in [-0.25, -0.2) is 0 Å². The van der Waals surface area contributed by atoms with Crippen molar-refractivity contribution in [3.05, 3.63) is 210 Å². The summed E-state index contributed by atoms with van der Waals surface area (Å²) >= 11 is 0.